The molecule has 116 valence electrons. The molecule has 1 fully saturated rings. The van der Waals surface area contributed by atoms with Crippen molar-refractivity contribution in [3.63, 3.8) is 0 Å². The lowest BCUT2D eigenvalue weighted by atomic mass is 10.1. The number of rotatable bonds is 4. The number of hydrogen-bond donors (Lipinski definition) is 0. The van der Waals surface area contributed by atoms with Gasteiger partial charge in [-0.1, -0.05) is 6.07 Å². The monoisotopic (exact) mass is 316 g/mol. The van der Waals surface area contributed by atoms with Crippen molar-refractivity contribution in [2.45, 2.75) is 30.5 Å². The average Bonchev–Trinajstić information content (AvgIpc) is 2.85. The molecule has 0 aliphatic carbocycles. The van der Waals surface area contributed by atoms with Crippen molar-refractivity contribution in [3.8, 4) is 0 Å². The van der Waals surface area contributed by atoms with Crippen LogP contribution in [0.15, 0.2) is 18.2 Å². The van der Waals surface area contributed by atoms with E-state index in [-0.39, 0.29) is 17.4 Å². The molecule has 5 nitrogen and oxygen atoms in total. The lowest BCUT2D eigenvalue weighted by Crippen LogP contribution is -2.29. The highest BCUT2D eigenvalue weighted by Crippen LogP contribution is 2.24. The first-order chi connectivity index (χ1) is 9.85. The maximum Gasteiger partial charge on any atom is 0.340 e. The van der Waals surface area contributed by atoms with Gasteiger partial charge in [0.15, 0.2) is 9.84 Å². The Hall–Kier alpha value is -1.47. The highest BCUT2D eigenvalue weighted by Gasteiger charge is 2.35. The summed E-state index contributed by atoms with van der Waals surface area (Å²) >= 11 is 0. The van der Waals surface area contributed by atoms with Gasteiger partial charge in [-0.15, -0.1) is 0 Å². The first-order valence-electron chi connectivity index (χ1n) is 6.55. The molecular weight excluding hydrogens is 299 g/mol. The van der Waals surface area contributed by atoms with E-state index in [0.29, 0.717) is 18.6 Å². The van der Waals surface area contributed by atoms with Gasteiger partial charge in [-0.05, 0) is 31.0 Å². The van der Waals surface area contributed by atoms with E-state index in [1.54, 1.807) is 6.92 Å². The fourth-order valence-corrected chi connectivity index (χ4v) is 4.42. The molecule has 2 unspecified atom stereocenters. The predicted octanol–water partition coefficient (Wildman–Crippen LogP) is 1.70. The zero-order valence-electron chi connectivity index (χ0n) is 11.8. The van der Waals surface area contributed by atoms with Crippen molar-refractivity contribution in [2.24, 2.45) is 0 Å². The maximum absolute atomic E-state index is 13.8. The Morgan fingerprint density at radius 1 is 1.48 bits per heavy atom. The molecular formula is C14H17FO5S. The van der Waals surface area contributed by atoms with Gasteiger partial charge in [-0.2, -0.15) is 0 Å². The molecule has 0 amide bonds. The average molecular weight is 316 g/mol. The van der Waals surface area contributed by atoms with Crippen LogP contribution >= 0.6 is 0 Å². The van der Waals surface area contributed by atoms with Crippen molar-refractivity contribution in [3.05, 3.63) is 35.1 Å². The zero-order valence-corrected chi connectivity index (χ0v) is 12.7. The summed E-state index contributed by atoms with van der Waals surface area (Å²) in [6, 6.07) is 3.72. The van der Waals surface area contributed by atoms with Crippen LogP contribution in [0.2, 0.25) is 0 Å². The molecule has 1 aromatic carbocycles. The molecule has 0 saturated carbocycles. The summed E-state index contributed by atoms with van der Waals surface area (Å²) in [5, 5.41) is -0.569. The standard InChI is InChI=1S/C14H17FO5S/c1-9-13(5-6-20-9)21(17,18)8-10-3-4-11(12(15)7-10)14(16)19-2/h3-4,7,9,13H,5-6,8H2,1-2H3. The second-order valence-electron chi connectivity index (χ2n) is 5.02. The Labute approximate surface area is 123 Å². The highest BCUT2D eigenvalue weighted by molar-refractivity contribution is 7.91. The number of methoxy groups -OCH3 is 1. The van der Waals surface area contributed by atoms with Gasteiger partial charge in [0, 0.05) is 6.61 Å². The first-order valence-corrected chi connectivity index (χ1v) is 8.26. The molecule has 2 rings (SSSR count). The molecule has 1 saturated heterocycles. The number of sulfone groups is 1. The Balaban J connectivity index is 2.20. The van der Waals surface area contributed by atoms with Crippen LogP contribution in [0.3, 0.4) is 0 Å². The van der Waals surface area contributed by atoms with Crippen molar-refractivity contribution in [2.75, 3.05) is 13.7 Å². The highest BCUT2D eigenvalue weighted by atomic mass is 32.2. The zero-order chi connectivity index (χ0) is 15.6. The van der Waals surface area contributed by atoms with Crippen molar-refractivity contribution in [1.82, 2.24) is 0 Å². The predicted molar refractivity (Wildman–Crippen MR) is 74.2 cm³/mol. The number of halogens is 1. The van der Waals surface area contributed by atoms with E-state index >= 15 is 0 Å². The normalized spacial score (nSPS) is 22.2. The van der Waals surface area contributed by atoms with Crippen LogP contribution in [0, 0.1) is 5.82 Å². The number of carbonyl (C=O) groups excluding carboxylic acids is 1. The lowest BCUT2D eigenvalue weighted by Gasteiger charge is -2.15. The minimum atomic E-state index is -3.43. The molecule has 2 atom stereocenters. The third-order valence-electron chi connectivity index (χ3n) is 3.57. The molecule has 21 heavy (non-hydrogen) atoms. The van der Waals surface area contributed by atoms with Gasteiger partial charge in [0.1, 0.15) is 5.82 Å². The second kappa shape index (κ2) is 6.11. The summed E-state index contributed by atoms with van der Waals surface area (Å²) in [6.07, 6.45) is 0.0980. The number of ether oxygens (including phenoxy) is 2. The lowest BCUT2D eigenvalue weighted by molar-refractivity contribution is 0.0595. The summed E-state index contributed by atoms with van der Waals surface area (Å²) in [7, 11) is -2.27. The van der Waals surface area contributed by atoms with E-state index in [4.69, 9.17) is 4.74 Å². The van der Waals surface area contributed by atoms with E-state index in [2.05, 4.69) is 4.74 Å². The van der Waals surface area contributed by atoms with E-state index in [0.717, 1.165) is 13.2 Å². The first kappa shape index (κ1) is 15.9. The molecule has 0 aromatic heterocycles. The van der Waals surface area contributed by atoms with Gasteiger partial charge in [-0.25, -0.2) is 17.6 Å². The van der Waals surface area contributed by atoms with Crippen LogP contribution in [-0.2, 0) is 25.1 Å². The summed E-state index contributed by atoms with van der Waals surface area (Å²) in [4.78, 5) is 11.3. The summed E-state index contributed by atoms with van der Waals surface area (Å²) in [5.74, 6) is -1.85. The third kappa shape index (κ3) is 3.41. The smallest absolute Gasteiger partial charge is 0.340 e. The molecule has 1 aliphatic rings. The minimum Gasteiger partial charge on any atom is -0.465 e. The van der Waals surface area contributed by atoms with E-state index < -0.39 is 26.9 Å². The van der Waals surface area contributed by atoms with Gasteiger partial charge >= 0.3 is 5.97 Å². The second-order valence-corrected chi connectivity index (χ2v) is 7.24. The largest absolute Gasteiger partial charge is 0.465 e. The van der Waals surface area contributed by atoms with Crippen LogP contribution < -0.4 is 0 Å². The van der Waals surface area contributed by atoms with Crippen LogP contribution in [-0.4, -0.2) is 39.5 Å². The number of carbonyl (C=O) groups is 1. The Kier molecular flexibility index (Phi) is 4.63. The Bertz CT molecular complexity index is 641. The minimum absolute atomic E-state index is 0.212. The molecule has 0 N–H and O–H groups in total. The van der Waals surface area contributed by atoms with E-state index in [1.165, 1.54) is 12.1 Å². The van der Waals surface area contributed by atoms with Crippen molar-refractivity contribution in [1.29, 1.82) is 0 Å². The Morgan fingerprint density at radius 2 is 2.19 bits per heavy atom. The molecule has 1 aromatic rings. The Morgan fingerprint density at radius 3 is 2.71 bits per heavy atom. The number of hydrogen-bond acceptors (Lipinski definition) is 5. The van der Waals surface area contributed by atoms with Crippen LogP contribution in [0.4, 0.5) is 4.39 Å². The maximum atomic E-state index is 13.8. The van der Waals surface area contributed by atoms with E-state index in [9.17, 15) is 17.6 Å². The molecule has 1 heterocycles. The van der Waals surface area contributed by atoms with Gasteiger partial charge < -0.3 is 9.47 Å². The molecule has 0 radical (unpaired) electrons. The molecule has 0 spiro atoms. The topological polar surface area (TPSA) is 69.7 Å². The van der Waals surface area contributed by atoms with Crippen LogP contribution in [0.5, 0.6) is 0 Å². The SMILES string of the molecule is COC(=O)c1ccc(CS(=O)(=O)C2CCOC2C)cc1F. The summed E-state index contributed by atoms with van der Waals surface area (Å²) in [6.45, 7) is 2.14. The fraction of sp³-hybridized carbons (Fsp3) is 0.500. The summed E-state index contributed by atoms with van der Waals surface area (Å²) < 4.78 is 48.1. The van der Waals surface area contributed by atoms with Gasteiger partial charge in [-0.3, -0.25) is 0 Å². The quantitative estimate of drug-likeness (QED) is 0.791. The van der Waals surface area contributed by atoms with Crippen LogP contribution in [0.25, 0.3) is 0 Å². The fourth-order valence-electron chi connectivity index (χ4n) is 2.45. The number of benzene rings is 1. The number of esters is 1. The summed E-state index contributed by atoms with van der Waals surface area (Å²) in [5.41, 5.74) is 0.0930. The van der Waals surface area contributed by atoms with Crippen LogP contribution in [0.1, 0.15) is 29.3 Å². The molecule has 0 bridgehead atoms. The van der Waals surface area contributed by atoms with Crippen molar-refractivity contribution < 1.29 is 27.1 Å². The molecule has 7 heteroatoms. The van der Waals surface area contributed by atoms with Gasteiger partial charge in [0.05, 0.1) is 29.8 Å². The third-order valence-corrected chi connectivity index (χ3v) is 5.85. The van der Waals surface area contributed by atoms with Gasteiger partial charge in [0.2, 0.25) is 0 Å². The molecule has 1 aliphatic heterocycles. The van der Waals surface area contributed by atoms with Gasteiger partial charge in [0.25, 0.3) is 0 Å². The van der Waals surface area contributed by atoms with Crippen molar-refractivity contribution >= 4 is 15.8 Å². The van der Waals surface area contributed by atoms with E-state index in [1.807, 2.05) is 0 Å².